The van der Waals surface area contributed by atoms with Gasteiger partial charge in [0, 0.05) is 24.8 Å². The Kier molecular flexibility index (Phi) is 8.05. The van der Waals surface area contributed by atoms with Gasteiger partial charge in [0.25, 0.3) is 0 Å². The maximum Gasteiger partial charge on any atom is 0.326 e. The van der Waals surface area contributed by atoms with Gasteiger partial charge in [0.05, 0.1) is 13.2 Å². The van der Waals surface area contributed by atoms with Gasteiger partial charge in [0.1, 0.15) is 17.3 Å². The summed E-state index contributed by atoms with van der Waals surface area (Å²) in [5.74, 6) is -0.199. The van der Waals surface area contributed by atoms with E-state index < -0.39 is 17.4 Å². The summed E-state index contributed by atoms with van der Waals surface area (Å²) in [6, 6.07) is 13.5. The number of aryl methyl sites for hydroxylation is 2. The average molecular weight is 507 g/mol. The van der Waals surface area contributed by atoms with E-state index in [2.05, 4.69) is 27.7 Å². The number of fused-ring (bicyclic) bond motifs is 1. The molecule has 1 aliphatic carbocycles. The van der Waals surface area contributed by atoms with Crippen molar-refractivity contribution in [3.8, 4) is 0 Å². The summed E-state index contributed by atoms with van der Waals surface area (Å²) in [4.78, 5) is 32.5. The predicted molar refractivity (Wildman–Crippen MR) is 142 cm³/mol. The third-order valence-corrected chi connectivity index (χ3v) is 7.91. The number of carboxylic acid groups (broad SMARTS) is 1. The number of aromatic nitrogens is 1. The predicted octanol–water partition coefficient (Wildman–Crippen LogP) is 3.15. The van der Waals surface area contributed by atoms with Crippen LogP contribution in [0, 0.1) is 0 Å². The number of carboxylic acids is 1. The number of nitrogens with zero attached hydrogens (tertiary/aromatic N) is 2. The van der Waals surface area contributed by atoms with Crippen molar-refractivity contribution in [3.05, 3.63) is 59.3 Å². The van der Waals surface area contributed by atoms with Gasteiger partial charge in [0.15, 0.2) is 0 Å². The first kappa shape index (κ1) is 25.7. The Morgan fingerprint density at radius 3 is 2.65 bits per heavy atom. The fourth-order valence-electron chi connectivity index (χ4n) is 5.39. The first-order valence-corrected chi connectivity index (χ1v) is 13.7. The number of hydrogen-bond acceptors (Lipinski definition) is 6. The lowest BCUT2D eigenvalue weighted by Crippen LogP contribution is -2.60. The average Bonchev–Trinajstić information content (AvgIpc) is 3.73. The molecule has 1 amide bonds. The quantitative estimate of drug-likeness (QED) is 0.359. The van der Waals surface area contributed by atoms with Crippen LogP contribution >= 0.6 is 0 Å². The fourth-order valence-corrected chi connectivity index (χ4v) is 5.39. The molecule has 1 saturated carbocycles. The molecule has 0 bridgehead atoms. The normalized spacial score (nSPS) is 18.8. The highest BCUT2D eigenvalue weighted by Gasteiger charge is 2.48. The Morgan fingerprint density at radius 1 is 1.14 bits per heavy atom. The second-order valence-corrected chi connectivity index (χ2v) is 10.7. The first-order valence-electron chi connectivity index (χ1n) is 13.7. The molecule has 8 heteroatoms. The Bertz CT molecular complexity index is 1080. The van der Waals surface area contributed by atoms with E-state index in [1.807, 2.05) is 30.3 Å². The number of hydrogen-bond donors (Lipinski definition) is 3. The van der Waals surface area contributed by atoms with Crippen LogP contribution in [0.1, 0.15) is 55.3 Å². The molecule has 2 aliphatic heterocycles. The highest BCUT2D eigenvalue weighted by molar-refractivity contribution is 5.92. The lowest BCUT2D eigenvalue weighted by Gasteiger charge is -2.41. The molecule has 1 aromatic carbocycles. The van der Waals surface area contributed by atoms with Crippen LogP contribution < -0.4 is 10.6 Å². The summed E-state index contributed by atoms with van der Waals surface area (Å²) in [6.07, 6.45) is 8.03. The molecule has 8 nitrogen and oxygen atoms in total. The third kappa shape index (κ3) is 6.13. The van der Waals surface area contributed by atoms with Gasteiger partial charge < -0.3 is 25.4 Å². The van der Waals surface area contributed by atoms with E-state index in [1.54, 1.807) is 0 Å². The minimum absolute atomic E-state index is 0.262. The molecule has 5 rings (SSSR count). The molecule has 3 heterocycles. The maximum absolute atomic E-state index is 13.2. The Morgan fingerprint density at radius 2 is 1.95 bits per heavy atom. The Hall–Kier alpha value is -2.97. The van der Waals surface area contributed by atoms with Crippen LogP contribution in [0.15, 0.2) is 42.5 Å². The molecule has 1 atom stereocenters. The number of nitrogens with one attached hydrogen (secondary N) is 2. The lowest BCUT2D eigenvalue weighted by atomic mass is 9.77. The lowest BCUT2D eigenvalue weighted by molar-refractivity contribution is -0.151. The summed E-state index contributed by atoms with van der Waals surface area (Å²) < 4.78 is 5.38. The number of amides is 1. The van der Waals surface area contributed by atoms with Crippen LogP contribution in [-0.4, -0.2) is 71.8 Å². The van der Waals surface area contributed by atoms with Crippen LogP contribution in [0.4, 0.5) is 5.82 Å². The number of benzene rings is 1. The summed E-state index contributed by atoms with van der Waals surface area (Å²) in [5.41, 5.74) is 2.51. The van der Waals surface area contributed by atoms with Crippen LogP contribution in [0.5, 0.6) is 0 Å². The summed E-state index contributed by atoms with van der Waals surface area (Å²) in [6.45, 7) is 3.16. The topological polar surface area (TPSA) is 104 Å². The first-order chi connectivity index (χ1) is 18.0. The van der Waals surface area contributed by atoms with Crippen molar-refractivity contribution in [1.82, 2.24) is 15.2 Å². The Labute approximate surface area is 218 Å². The van der Waals surface area contributed by atoms with E-state index in [9.17, 15) is 14.7 Å². The van der Waals surface area contributed by atoms with Crippen molar-refractivity contribution in [2.24, 2.45) is 0 Å². The van der Waals surface area contributed by atoms with Gasteiger partial charge in [-0.1, -0.05) is 36.4 Å². The number of ether oxygens (including phenoxy) is 1. The second kappa shape index (κ2) is 11.6. The number of anilines is 1. The number of carbonyl (C=O) groups is 2. The number of aliphatic carboxylic acids is 1. The maximum atomic E-state index is 13.2. The van der Waals surface area contributed by atoms with Crippen LogP contribution in [0.3, 0.4) is 0 Å². The smallest absolute Gasteiger partial charge is 0.326 e. The van der Waals surface area contributed by atoms with Gasteiger partial charge in [-0.25, -0.2) is 9.78 Å². The third-order valence-electron chi connectivity index (χ3n) is 7.91. The van der Waals surface area contributed by atoms with Crippen molar-refractivity contribution < 1.29 is 19.4 Å². The van der Waals surface area contributed by atoms with E-state index in [0.29, 0.717) is 19.0 Å². The van der Waals surface area contributed by atoms with Crippen LogP contribution in [0.2, 0.25) is 0 Å². The molecule has 1 aromatic heterocycles. The molecule has 3 N–H and O–H groups in total. The number of pyridine rings is 1. The number of carbonyl (C=O) groups excluding carboxylic acids is 1. The van der Waals surface area contributed by atoms with E-state index in [-0.39, 0.29) is 19.1 Å². The highest BCUT2D eigenvalue weighted by atomic mass is 16.5. The van der Waals surface area contributed by atoms with Gasteiger partial charge in [-0.05, 0) is 75.1 Å². The number of unbranched alkanes of at least 4 members (excludes halogenated alkanes) is 1. The zero-order valence-corrected chi connectivity index (χ0v) is 21.5. The SMILES string of the molecule is O=C(O)C(CCN(CCCCc1ccc2c(n1)NCCC2)C1CC1)NC(=O)C1(c2ccccc2)COC1. The molecule has 2 aromatic rings. The zero-order chi connectivity index (χ0) is 25.7. The van der Waals surface area contributed by atoms with Crippen molar-refractivity contribution in [2.75, 3.05) is 38.2 Å². The zero-order valence-electron chi connectivity index (χ0n) is 21.5. The molecule has 1 saturated heterocycles. The minimum atomic E-state index is -0.986. The molecule has 2 fully saturated rings. The van der Waals surface area contributed by atoms with Gasteiger partial charge in [-0.2, -0.15) is 0 Å². The van der Waals surface area contributed by atoms with Crippen LogP contribution in [0.25, 0.3) is 0 Å². The van der Waals surface area contributed by atoms with Crippen molar-refractivity contribution in [3.63, 3.8) is 0 Å². The molecular weight excluding hydrogens is 468 g/mol. The van der Waals surface area contributed by atoms with E-state index in [1.165, 1.54) is 12.0 Å². The monoisotopic (exact) mass is 506 g/mol. The molecule has 0 spiro atoms. The fraction of sp³-hybridized carbons (Fsp3) is 0.552. The molecule has 37 heavy (non-hydrogen) atoms. The van der Waals surface area contributed by atoms with Crippen molar-refractivity contribution in [2.45, 2.75) is 68.9 Å². The molecule has 1 unspecified atom stereocenters. The van der Waals surface area contributed by atoms with E-state index >= 15 is 0 Å². The summed E-state index contributed by atoms with van der Waals surface area (Å²) in [5, 5.41) is 16.1. The van der Waals surface area contributed by atoms with Crippen molar-refractivity contribution in [1.29, 1.82) is 0 Å². The van der Waals surface area contributed by atoms with Gasteiger partial charge in [-0.3, -0.25) is 4.79 Å². The molecule has 0 radical (unpaired) electrons. The van der Waals surface area contributed by atoms with E-state index in [4.69, 9.17) is 9.72 Å². The second-order valence-electron chi connectivity index (χ2n) is 10.7. The van der Waals surface area contributed by atoms with Crippen molar-refractivity contribution >= 4 is 17.7 Å². The van der Waals surface area contributed by atoms with Crippen LogP contribution in [-0.2, 0) is 32.6 Å². The highest BCUT2D eigenvalue weighted by Crippen LogP contribution is 2.33. The van der Waals surface area contributed by atoms with Gasteiger partial charge in [0.2, 0.25) is 5.91 Å². The summed E-state index contributed by atoms with van der Waals surface area (Å²) >= 11 is 0. The molecule has 198 valence electrons. The minimum Gasteiger partial charge on any atom is -0.480 e. The van der Waals surface area contributed by atoms with Gasteiger partial charge in [-0.15, -0.1) is 0 Å². The van der Waals surface area contributed by atoms with Gasteiger partial charge >= 0.3 is 5.97 Å². The standard InChI is InChI=1S/C29H38N4O4/c34-27(35)25(32-28(36)29(19-37-20-29)22-8-2-1-3-9-22)15-18-33(24-13-14-24)17-5-4-10-23-12-11-21-7-6-16-30-26(21)31-23/h1-3,8-9,11-12,24-25H,4-7,10,13-20H2,(H,30,31)(H,32,36)(H,34,35). The number of rotatable bonds is 13. The largest absolute Gasteiger partial charge is 0.480 e. The Balaban J connectivity index is 1.11. The molecule has 3 aliphatic rings. The summed E-state index contributed by atoms with van der Waals surface area (Å²) in [7, 11) is 0. The molecular formula is C29H38N4O4. The van der Waals surface area contributed by atoms with E-state index in [0.717, 1.165) is 68.7 Å².